The van der Waals surface area contributed by atoms with Crippen LogP contribution in [-0.4, -0.2) is 28.9 Å². The first-order chi connectivity index (χ1) is 16.5. The van der Waals surface area contributed by atoms with Crippen molar-refractivity contribution >= 4 is 27.3 Å². The van der Waals surface area contributed by atoms with Gasteiger partial charge in [-0.05, 0) is 59.9 Å². The maximum atomic E-state index is 13.2. The van der Waals surface area contributed by atoms with E-state index in [4.69, 9.17) is 0 Å². The molecule has 0 saturated carbocycles. The van der Waals surface area contributed by atoms with E-state index in [0.717, 1.165) is 5.56 Å². The van der Waals surface area contributed by atoms with Gasteiger partial charge in [0, 0.05) is 23.6 Å². The highest BCUT2D eigenvalue weighted by molar-refractivity contribution is 7.92. The van der Waals surface area contributed by atoms with Gasteiger partial charge in [-0.25, -0.2) is 18.4 Å². The molecule has 8 nitrogen and oxygen atoms in total. The summed E-state index contributed by atoms with van der Waals surface area (Å²) < 4.78 is 30.7. The molecule has 2 heterocycles. The molecule has 0 aliphatic carbocycles. The molecule has 4 aromatic rings. The van der Waals surface area contributed by atoms with Crippen LogP contribution in [0.15, 0.2) is 84.4 Å². The monoisotopic (exact) mass is 489 g/mol. The van der Waals surface area contributed by atoms with Gasteiger partial charge in [0.1, 0.15) is 12.1 Å². The van der Waals surface area contributed by atoms with Gasteiger partial charge in [0.2, 0.25) is 0 Å². The van der Waals surface area contributed by atoms with Gasteiger partial charge in [-0.15, -0.1) is 0 Å². The summed E-state index contributed by atoms with van der Waals surface area (Å²) >= 11 is 0. The molecule has 0 aliphatic rings. The summed E-state index contributed by atoms with van der Waals surface area (Å²) in [5.74, 6) is 0.289. The lowest BCUT2D eigenvalue weighted by atomic mass is 9.87. The van der Waals surface area contributed by atoms with Gasteiger partial charge in [-0.1, -0.05) is 39.0 Å². The number of pyridine rings is 1. The second-order valence-corrected chi connectivity index (χ2v) is 10.9. The Hall–Kier alpha value is -3.98. The molecule has 1 amide bonds. The summed E-state index contributed by atoms with van der Waals surface area (Å²) in [4.78, 5) is 21.3. The van der Waals surface area contributed by atoms with Crippen LogP contribution >= 0.6 is 0 Å². The van der Waals surface area contributed by atoms with Crippen molar-refractivity contribution in [1.29, 1.82) is 0 Å². The highest BCUT2D eigenvalue weighted by Crippen LogP contribution is 2.28. The van der Waals surface area contributed by atoms with E-state index in [0.29, 0.717) is 28.3 Å². The minimum Gasteiger partial charge on any atom is -0.321 e. The Morgan fingerprint density at radius 1 is 1.00 bits per heavy atom. The summed E-state index contributed by atoms with van der Waals surface area (Å²) in [5, 5.41) is 2.78. The van der Waals surface area contributed by atoms with Crippen molar-refractivity contribution in [3.63, 3.8) is 0 Å². The molecule has 0 atom stereocenters. The molecule has 9 heteroatoms. The van der Waals surface area contributed by atoms with E-state index in [2.05, 4.69) is 20.0 Å². The standard InChI is InChI=1S/C26H27N5O3S/c1-18-8-9-20(26(2,3)4)15-23(18)35(33,34)30-21-7-5-6-19(14-21)25(32)29-22-10-11-24(28-16-22)31-13-12-27-17-31/h5-17,30H,1-4H3,(H,29,32). The summed E-state index contributed by atoms with van der Waals surface area (Å²) in [6.07, 6.45) is 6.61. The predicted molar refractivity (Wildman–Crippen MR) is 136 cm³/mol. The zero-order valence-electron chi connectivity index (χ0n) is 20.0. The predicted octanol–water partition coefficient (Wildman–Crippen LogP) is 4.93. The van der Waals surface area contributed by atoms with Crippen molar-refractivity contribution in [3.8, 4) is 5.82 Å². The minimum absolute atomic E-state index is 0.193. The molecule has 2 aromatic heterocycles. The first kappa shape index (κ1) is 24.2. The highest BCUT2D eigenvalue weighted by Gasteiger charge is 2.22. The number of imidazole rings is 1. The topological polar surface area (TPSA) is 106 Å². The zero-order chi connectivity index (χ0) is 25.2. The summed E-state index contributed by atoms with van der Waals surface area (Å²) in [6, 6.07) is 15.3. The summed E-state index contributed by atoms with van der Waals surface area (Å²) in [5.41, 5.74) is 2.49. The molecule has 0 radical (unpaired) electrons. The first-order valence-corrected chi connectivity index (χ1v) is 12.5. The fourth-order valence-electron chi connectivity index (χ4n) is 3.50. The van der Waals surface area contributed by atoms with Crippen LogP contribution in [0, 0.1) is 6.92 Å². The number of anilines is 2. The number of nitrogens with zero attached hydrogens (tertiary/aromatic N) is 3. The lowest BCUT2D eigenvalue weighted by molar-refractivity contribution is 0.102. The number of carbonyl (C=O) groups is 1. The first-order valence-electron chi connectivity index (χ1n) is 11.0. The average molecular weight is 490 g/mol. The molecule has 4 rings (SSSR count). The van der Waals surface area contributed by atoms with Crippen molar-refractivity contribution in [3.05, 3.63) is 96.2 Å². The largest absolute Gasteiger partial charge is 0.321 e. The van der Waals surface area contributed by atoms with Crippen LogP contribution in [0.2, 0.25) is 0 Å². The van der Waals surface area contributed by atoms with Crippen LogP contribution < -0.4 is 10.0 Å². The quantitative estimate of drug-likeness (QED) is 0.400. The Kier molecular flexibility index (Phi) is 6.45. The van der Waals surface area contributed by atoms with Gasteiger partial charge in [0.05, 0.1) is 16.8 Å². The normalized spacial score (nSPS) is 11.8. The van der Waals surface area contributed by atoms with Crippen molar-refractivity contribution in [1.82, 2.24) is 14.5 Å². The smallest absolute Gasteiger partial charge is 0.262 e. The molecular formula is C26H27N5O3S. The molecule has 0 aliphatic heterocycles. The van der Waals surface area contributed by atoms with Crippen molar-refractivity contribution in [2.24, 2.45) is 0 Å². The van der Waals surface area contributed by atoms with Crippen molar-refractivity contribution in [2.45, 2.75) is 38.0 Å². The van der Waals surface area contributed by atoms with E-state index in [1.54, 1.807) is 72.8 Å². The number of nitrogens with one attached hydrogen (secondary N) is 2. The lowest BCUT2D eigenvalue weighted by Crippen LogP contribution is -2.18. The van der Waals surface area contributed by atoms with Crippen LogP contribution in [0.1, 0.15) is 42.3 Å². The zero-order valence-corrected chi connectivity index (χ0v) is 20.8. The number of aromatic nitrogens is 3. The average Bonchev–Trinajstić information content (AvgIpc) is 3.34. The Bertz CT molecular complexity index is 1460. The van der Waals surface area contributed by atoms with E-state index in [9.17, 15) is 13.2 Å². The summed E-state index contributed by atoms with van der Waals surface area (Å²) in [7, 11) is -3.85. The molecule has 2 aromatic carbocycles. The number of aryl methyl sites for hydroxylation is 1. The number of carbonyl (C=O) groups excluding carboxylic acids is 1. The number of amides is 1. The second-order valence-electron chi connectivity index (χ2n) is 9.25. The molecular weight excluding hydrogens is 462 g/mol. The molecule has 2 N–H and O–H groups in total. The Labute approximate surface area is 205 Å². The van der Waals surface area contributed by atoms with E-state index in [-0.39, 0.29) is 16.2 Å². The molecule has 0 saturated heterocycles. The van der Waals surface area contributed by atoms with E-state index < -0.39 is 10.0 Å². The SMILES string of the molecule is Cc1ccc(C(C)(C)C)cc1S(=O)(=O)Nc1cccc(C(=O)Nc2ccc(-n3ccnc3)nc2)c1. The number of benzene rings is 2. The third-order valence-corrected chi connectivity index (χ3v) is 7.02. The van der Waals surface area contributed by atoms with Crippen LogP contribution in [0.3, 0.4) is 0 Å². The van der Waals surface area contributed by atoms with Gasteiger partial charge in [0.25, 0.3) is 15.9 Å². The molecule has 0 spiro atoms. The van der Waals surface area contributed by atoms with E-state index in [1.165, 1.54) is 6.07 Å². The highest BCUT2D eigenvalue weighted by atomic mass is 32.2. The summed E-state index contributed by atoms with van der Waals surface area (Å²) in [6.45, 7) is 7.86. The number of rotatable bonds is 6. The van der Waals surface area contributed by atoms with Crippen LogP contribution in [0.4, 0.5) is 11.4 Å². The molecule has 0 unspecified atom stereocenters. The molecule has 35 heavy (non-hydrogen) atoms. The second kappa shape index (κ2) is 9.34. The van der Waals surface area contributed by atoms with Crippen molar-refractivity contribution < 1.29 is 13.2 Å². The fourth-order valence-corrected chi connectivity index (χ4v) is 4.82. The Morgan fingerprint density at radius 2 is 1.80 bits per heavy atom. The van der Waals surface area contributed by atoms with E-state index in [1.807, 2.05) is 32.9 Å². The molecule has 180 valence electrons. The van der Waals surface area contributed by atoms with Gasteiger partial charge in [0.15, 0.2) is 0 Å². The van der Waals surface area contributed by atoms with Gasteiger partial charge in [-0.3, -0.25) is 14.1 Å². The third kappa shape index (κ3) is 5.58. The number of sulfonamides is 1. The van der Waals surface area contributed by atoms with E-state index >= 15 is 0 Å². The van der Waals surface area contributed by atoms with Crippen LogP contribution in [0.5, 0.6) is 0 Å². The third-order valence-electron chi connectivity index (χ3n) is 5.50. The van der Waals surface area contributed by atoms with Crippen molar-refractivity contribution in [2.75, 3.05) is 10.0 Å². The van der Waals surface area contributed by atoms with Gasteiger partial charge in [-0.2, -0.15) is 0 Å². The maximum Gasteiger partial charge on any atom is 0.262 e. The van der Waals surface area contributed by atoms with Gasteiger partial charge >= 0.3 is 0 Å². The fraction of sp³-hybridized carbons (Fsp3) is 0.192. The van der Waals surface area contributed by atoms with Gasteiger partial charge < -0.3 is 5.32 Å². The maximum absolute atomic E-state index is 13.2. The lowest BCUT2D eigenvalue weighted by Gasteiger charge is -2.21. The Morgan fingerprint density at radius 3 is 2.46 bits per heavy atom. The number of hydrogen-bond donors (Lipinski definition) is 2. The molecule has 0 bridgehead atoms. The minimum atomic E-state index is -3.85. The molecule has 0 fully saturated rings. The van der Waals surface area contributed by atoms with Crippen LogP contribution in [0.25, 0.3) is 5.82 Å². The van der Waals surface area contributed by atoms with Crippen LogP contribution in [-0.2, 0) is 15.4 Å². The Balaban J connectivity index is 1.51. The number of hydrogen-bond acceptors (Lipinski definition) is 5.